The molecule has 0 aliphatic carbocycles. The summed E-state index contributed by atoms with van der Waals surface area (Å²) in [6.45, 7) is 0. The quantitative estimate of drug-likeness (QED) is 0.582. The smallest absolute Gasteiger partial charge is 0.224 e. The third-order valence-corrected chi connectivity index (χ3v) is 2.67. The molecule has 0 atom stereocenters. The summed E-state index contributed by atoms with van der Waals surface area (Å²) in [6, 6.07) is 3.37. The molecule has 1 aromatic heterocycles. The first-order chi connectivity index (χ1) is 7.13. The van der Waals surface area contributed by atoms with Crippen molar-refractivity contribution in [1.29, 1.82) is 0 Å². The highest BCUT2D eigenvalue weighted by molar-refractivity contribution is 6.42. The van der Waals surface area contributed by atoms with Gasteiger partial charge in [-0.05, 0) is 23.7 Å². The Kier molecular flexibility index (Phi) is 2.87. The van der Waals surface area contributed by atoms with Gasteiger partial charge in [0.2, 0.25) is 5.28 Å². The lowest BCUT2D eigenvalue weighted by Gasteiger charge is -2.06. The number of aromatic nitrogens is 2. The summed E-state index contributed by atoms with van der Waals surface area (Å²) in [5.74, 6) is 0.556. The molecule has 0 N–H and O–H groups in total. The first kappa shape index (κ1) is 10.7. The van der Waals surface area contributed by atoms with E-state index in [9.17, 15) is 0 Å². The summed E-state index contributed by atoms with van der Waals surface area (Å²) < 4.78 is 5.13. The molecule has 0 bridgehead atoms. The molecule has 0 amide bonds. The summed E-state index contributed by atoms with van der Waals surface area (Å²) in [6.07, 6.45) is 0. The molecule has 15 heavy (non-hydrogen) atoms. The fraction of sp³-hybridized carbons (Fsp3) is 0.111. The van der Waals surface area contributed by atoms with Gasteiger partial charge in [-0.25, -0.2) is 9.97 Å². The van der Waals surface area contributed by atoms with Gasteiger partial charge in [-0.15, -0.1) is 0 Å². The van der Waals surface area contributed by atoms with E-state index in [1.165, 1.54) is 7.11 Å². The summed E-state index contributed by atoms with van der Waals surface area (Å²) in [4.78, 5) is 7.85. The van der Waals surface area contributed by atoms with Crippen molar-refractivity contribution in [3.63, 3.8) is 0 Å². The summed E-state index contributed by atoms with van der Waals surface area (Å²) in [5, 5.41) is 1.29. The number of hydrogen-bond acceptors (Lipinski definition) is 3. The minimum atomic E-state index is 0.0630. The predicted molar refractivity (Wildman–Crippen MR) is 61.1 cm³/mol. The van der Waals surface area contributed by atoms with Gasteiger partial charge in [0.25, 0.3) is 0 Å². The van der Waals surface area contributed by atoms with Crippen LogP contribution < -0.4 is 4.74 Å². The molecule has 0 aliphatic rings. The number of ether oxygens (including phenoxy) is 1. The molecule has 2 aromatic rings. The third kappa shape index (κ3) is 1.83. The molecular formula is C9H5Cl3N2O. The number of benzene rings is 1. The van der Waals surface area contributed by atoms with Crippen LogP contribution in [-0.4, -0.2) is 17.1 Å². The Balaban J connectivity index is 2.93. The molecule has 78 valence electrons. The van der Waals surface area contributed by atoms with Crippen LogP contribution in [0.4, 0.5) is 0 Å². The lowest BCUT2D eigenvalue weighted by atomic mass is 10.2. The molecular weight excluding hydrogens is 258 g/mol. The molecule has 1 aromatic carbocycles. The van der Waals surface area contributed by atoms with Crippen molar-refractivity contribution in [2.75, 3.05) is 7.11 Å². The molecule has 0 fully saturated rings. The van der Waals surface area contributed by atoms with Gasteiger partial charge in [0.1, 0.15) is 16.4 Å². The molecule has 6 heteroatoms. The molecule has 0 aliphatic heterocycles. The van der Waals surface area contributed by atoms with Crippen LogP contribution in [0.25, 0.3) is 10.9 Å². The lowest BCUT2D eigenvalue weighted by molar-refractivity contribution is 0.419. The van der Waals surface area contributed by atoms with E-state index in [1.807, 2.05) is 0 Å². The highest BCUT2D eigenvalue weighted by atomic mass is 35.5. The molecule has 3 nitrogen and oxygen atoms in total. The Bertz CT molecular complexity index is 530. The maximum Gasteiger partial charge on any atom is 0.224 e. The second-order valence-electron chi connectivity index (χ2n) is 2.76. The summed E-state index contributed by atoms with van der Waals surface area (Å²) >= 11 is 17.6. The van der Waals surface area contributed by atoms with Gasteiger partial charge in [-0.2, -0.15) is 0 Å². The fourth-order valence-corrected chi connectivity index (χ4v) is 2.05. The number of halogens is 3. The molecule has 0 saturated carbocycles. The van der Waals surface area contributed by atoms with Crippen molar-refractivity contribution < 1.29 is 4.74 Å². The van der Waals surface area contributed by atoms with Gasteiger partial charge >= 0.3 is 0 Å². The topological polar surface area (TPSA) is 35.0 Å². The van der Waals surface area contributed by atoms with Crippen molar-refractivity contribution in [3.05, 3.63) is 27.6 Å². The molecule has 2 rings (SSSR count). The molecule has 0 radical (unpaired) electrons. The monoisotopic (exact) mass is 262 g/mol. The molecule has 0 spiro atoms. The van der Waals surface area contributed by atoms with Gasteiger partial charge < -0.3 is 4.74 Å². The van der Waals surface area contributed by atoms with Gasteiger partial charge in [0, 0.05) is 0 Å². The van der Waals surface area contributed by atoms with E-state index in [4.69, 9.17) is 39.5 Å². The van der Waals surface area contributed by atoms with Crippen LogP contribution in [0, 0.1) is 0 Å². The molecule has 0 saturated heterocycles. The first-order valence-corrected chi connectivity index (χ1v) is 5.12. The molecule has 1 heterocycles. The second-order valence-corrected chi connectivity index (χ2v) is 3.86. The number of nitrogens with zero attached hydrogens (tertiary/aromatic N) is 2. The minimum absolute atomic E-state index is 0.0630. The van der Waals surface area contributed by atoms with E-state index in [2.05, 4.69) is 9.97 Å². The average molecular weight is 264 g/mol. The lowest BCUT2D eigenvalue weighted by Crippen LogP contribution is -1.92. The zero-order valence-electron chi connectivity index (χ0n) is 7.59. The number of methoxy groups -OCH3 is 1. The first-order valence-electron chi connectivity index (χ1n) is 3.98. The third-order valence-electron chi connectivity index (χ3n) is 1.91. The zero-order valence-corrected chi connectivity index (χ0v) is 9.86. The van der Waals surface area contributed by atoms with E-state index in [1.54, 1.807) is 12.1 Å². The largest absolute Gasteiger partial charge is 0.494 e. The molecule has 0 unspecified atom stereocenters. The van der Waals surface area contributed by atoms with Crippen molar-refractivity contribution in [1.82, 2.24) is 9.97 Å². The van der Waals surface area contributed by atoms with Gasteiger partial charge in [-0.3, -0.25) is 0 Å². The van der Waals surface area contributed by atoms with Crippen LogP contribution in [0.3, 0.4) is 0 Å². The van der Waals surface area contributed by atoms with Crippen LogP contribution in [-0.2, 0) is 0 Å². The van der Waals surface area contributed by atoms with Crippen LogP contribution in [0.5, 0.6) is 5.75 Å². The van der Waals surface area contributed by atoms with Gasteiger partial charge in [0.05, 0.1) is 17.5 Å². The number of rotatable bonds is 1. The van der Waals surface area contributed by atoms with Crippen molar-refractivity contribution in [2.24, 2.45) is 0 Å². The SMILES string of the molecule is COc1ccc(Cl)c2c(Cl)nc(Cl)nc12. The van der Waals surface area contributed by atoms with Crippen molar-refractivity contribution >= 4 is 45.7 Å². The van der Waals surface area contributed by atoms with Crippen molar-refractivity contribution in [2.45, 2.75) is 0 Å². The Morgan fingerprint density at radius 3 is 2.53 bits per heavy atom. The summed E-state index contributed by atoms with van der Waals surface area (Å²) in [7, 11) is 1.53. The fourth-order valence-electron chi connectivity index (χ4n) is 1.27. The van der Waals surface area contributed by atoms with Crippen molar-refractivity contribution in [3.8, 4) is 5.75 Å². The number of hydrogen-bond donors (Lipinski definition) is 0. The average Bonchev–Trinajstić information content (AvgIpc) is 2.17. The Morgan fingerprint density at radius 1 is 1.13 bits per heavy atom. The maximum atomic E-state index is 5.98. The van der Waals surface area contributed by atoms with E-state index in [0.29, 0.717) is 21.7 Å². The zero-order chi connectivity index (χ0) is 11.0. The van der Waals surface area contributed by atoms with Crippen LogP contribution in [0.1, 0.15) is 0 Å². The van der Waals surface area contributed by atoms with Crippen LogP contribution in [0.2, 0.25) is 15.5 Å². The van der Waals surface area contributed by atoms with E-state index >= 15 is 0 Å². The minimum Gasteiger partial charge on any atom is -0.494 e. The Labute approximate surface area is 101 Å². The van der Waals surface area contributed by atoms with E-state index < -0.39 is 0 Å². The van der Waals surface area contributed by atoms with Crippen LogP contribution >= 0.6 is 34.8 Å². The Morgan fingerprint density at radius 2 is 1.87 bits per heavy atom. The van der Waals surface area contributed by atoms with Gasteiger partial charge in [-0.1, -0.05) is 23.2 Å². The summed E-state index contributed by atoms with van der Waals surface area (Å²) in [5.41, 5.74) is 0.509. The number of fused-ring (bicyclic) bond motifs is 1. The predicted octanol–water partition coefficient (Wildman–Crippen LogP) is 3.60. The second kappa shape index (κ2) is 4.00. The van der Waals surface area contributed by atoms with Crippen LogP contribution in [0.15, 0.2) is 12.1 Å². The highest BCUT2D eigenvalue weighted by Crippen LogP contribution is 2.34. The maximum absolute atomic E-state index is 5.98. The van der Waals surface area contributed by atoms with Gasteiger partial charge in [0.15, 0.2) is 0 Å². The van der Waals surface area contributed by atoms with E-state index in [-0.39, 0.29) is 10.4 Å². The Hall–Kier alpha value is -0.770. The van der Waals surface area contributed by atoms with E-state index in [0.717, 1.165) is 0 Å². The highest BCUT2D eigenvalue weighted by Gasteiger charge is 2.12. The normalized spacial score (nSPS) is 10.7. The standard InChI is InChI=1S/C9H5Cl3N2O/c1-15-5-3-2-4(10)6-7(5)13-9(12)14-8(6)11/h2-3H,1H3.